The Morgan fingerprint density at radius 3 is 3.12 bits per heavy atom. The normalized spacial score (nSPS) is 21.4. The Balaban J connectivity index is 1.97. The first kappa shape index (κ1) is 10.1. The van der Waals surface area contributed by atoms with Gasteiger partial charge in [0.1, 0.15) is 11.3 Å². The van der Waals surface area contributed by atoms with E-state index in [2.05, 4.69) is 20.3 Å². The van der Waals surface area contributed by atoms with E-state index in [1.54, 1.807) is 6.20 Å². The van der Waals surface area contributed by atoms with Gasteiger partial charge < -0.3 is 10.3 Å². The second-order valence-corrected chi connectivity index (χ2v) is 4.58. The van der Waals surface area contributed by atoms with E-state index in [-0.39, 0.29) is 0 Å². The molecule has 1 unspecified atom stereocenters. The van der Waals surface area contributed by atoms with E-state index in [9.17, 15) is 0 Å². The van der Waals surface area contributed by atoms with E-state index in [1.165, 1.54) is 12.8 Å². The lowest BCUT2D eigenvalue weighted by Crippen LogP contribution is -2.27. The summed E-state index contributed by atoms with van der Waals surface area (Å²) >= 11 is 5.88. The van der Waals surface area contributed by atoms with Crippen molar-refractivity contribution in [2.75, 3.05) is 6.54 Å². The summed E-state index contributed by atoms with van der Waals surface area (Å²) < 4.78 is 0. The lowest BCUT2D eigenvalue weighted by atomic mass is 10.0. The number of aromatic amines is 1. The van der Waals surface area contributed by atoms with Gasteiger partial charge in [0.05, 0.1) is 11.1 Å². The van der Waals surface area contributed by atoms with Crippen molar-refractivity contribution in [2.24, 2.45) is 0 Å². The van der Waals surface area contributed by atoms with Crippen LogP contribution in [0.4, 0.5) is 0 Å². The van der Waals surface area contributed by atoms with E-state index in [0.29, 0.717) is 11.1 Å². The molecule has 5 heteroatoms. The number of fused-ring (bicyclic) bond motifs is 1. The zero-order valence-electron chi connectivity index (χ0n) is 8.83. The minimum Gasteiger partial charge on any atom is -0.325 e. The Morgan fingerprint density at radius 1 is 1.38 bits per heavy atom. The fourth-order valence-electron chi connectivity index (χ4n) is 2.14. The Hall–Kier alpha value is -1.13. The molecule has 1 fully saturated rings. The molecule has 4 nitrogen and oxygen atoms in total. The average molecular weight is 237 g/mol. The maximum absolute atomic E-state index is 5.88. The highest BCUT2D eigenvalue weighted by molar-refractivity contribution is 6.30. The van der Waals surface area contributed by atoms with Crippen LogP contribution in [-0.4, -0.2) is 21.5 Å². The third-order valence-electron chi connectivity index (χ3n) is 2.96. The molecule has 2 aromatic rings. The van der Waals surface area contributed by atoms with Crippen LogP contribution in [0.1, 0.15) is 31.1 Å². The number of nitrogens with one attached hydrogen (secondary N) is 2. The molecule has 0 radical (unpaired) electrons. The van der Waals surface area contributed by atoms with Crippen molar-refractivity contribution in [3.63, 3.8) is 0 Å². The highest BCUT2D eigenvalue weighted by Gasteiger charge is 2.18. The van der Waals surface area contributed by atoms with Crippen LogP contribution >= 0.6 is 11.6 Å². The van der Waals surface area contributed by atoms with Crippen LogP contribution in [0.3, 0.4) is 0 Å². The summed E-state index contributed by atoms with van der Waals surface area (Å²) in [4.78, 5) is 12.0. The molecule has 84 valence electrons. The fraction of sp³-hybridized carbons (Fsp3) is 0.455. The molecule has 1 aliphatic heterocycles. The minimum atomic E-state index is 0.335. The van der Waals surface area contributed by atoms with Crippen molar-refractivity contribution >= 4 is 22.8 Å². The van der Waals surface area contributed by atoms with Crippen LogP contribution in [0.15, 0.2) is 12.3 Å². The Kier molecular flexibility index (Phi) is 2.53. The van der Waals surface area contributed by atoms with Gasteiger partial charge in [0.25, 0.3) is 0 Å². The number of hydrogen-bond donors (Lipinski definition) is 2. The molecule has 0 aliphatic carbocycles. The van der Waals surface area contributed by atoms with Gasteiger partial charge >= 0.3 is 0 Å². The van der Waals surface area contributed by atoms with Gasteiger partial charge in [-0.15, -0.1) is 0 Å². The number of rotatable bonds is 1. The van der Waals surface area contributed by atoms with Crippen molar-refractivity contribution in [1.29, 1.82) is 0 Å². The molecule has 2 N–H and O–H groups in total. The number of H-pyrrole nitrogens is 1. The van der Waals surface area contributed by atoms with Gasteiger partial charge in [-0.05, 0) is 25.5 Å². The first-order valence-corrected chi connectivity index (χ1v) is 5.95. The van der Waals surface area contributed by atoms with Crippen LogP contribution in [0.2, 0.25) is 5.02 Å². The fourth-order valence-corrected chi connectivity index (χ4v) is 2.29. The molecule has 0 saturated carbocycles. The highest BCUT2D eigenvalue weighted by atomic mass is 35.5. The molecular weight excluding hydrogens is 224 g/mol. The van der Waals surface area contributed by atoms with Crippen LogP contribution in [0.25, 0.3) is 11.2 Å². The van der Waals surface area contributed by atoms with Gasteiger partial charge in [-0.25, -0.2) is 9.97 Å². The van der Waals surface area contributed by atoms with Crippen LogP contribution in [0.5, 0.6) is 0 Å². The number of hydrogen-bond acceptors (Lipinski definition) is 3. The molecule has 1 atom stereocenters. The predicted octanol–water partition coefficient (Wildman–Crippen LogP) is 2.43. The van der Waals surface area contributed by atoms with E-state index in [1.807, 2.05) is 6.07 Å². The predicted molar refractivity (Wildman–Crippen MR) is 63.5 cm³/mol. The van der Waals surface area contributed by atoms with Crippen molar-refractivity contribution in [3.8, 4) is 0 Å². The largest absolute Gasteiger partial charge is 0.325 e. The topological polar surface area (TPSA) is 53.6 Å². The molecule has 0 amide bonds. The van der Waals surface area contributed by atoms with Crippen LogP contribution in [0, 0.1) is 0 Å². The second kappa shape index (κ2) is 4.03. The van der Waals surface area contributed by atoms with Crippen molar-refractivity contribution in [3.05, 3.63) is 23.1 Å². The molecule has 0 bridgehead atoms. The van der Waals surface area contributed by atoms with Crippen LogP contribution < -0.4 is 5.32 Å². The van der Waals surface area contributed by atoms with Crippen molar-refractivity contribution in [1.82, 2.24) is 20.3 Å². The molecule has 3 heterocycles. The maximum Gasteiger partial charge on any atom is 0.157 e. The number of piperidine rings is 1. The smallest absolute Gasteiger partial charge is 0.157 e. The molecule has 16 heavy (non-hydrogen) atoms. The van der Waals surface area contributed by atoms with E-state index >= 15 is 0 Å². The Labute approximate surface area is 98.4 Å². The second-order valence-electron chi connectivity index (χ2n) is 4.15. The van der Waals surface area contributed by atoms with Crippen molar-refractivity contribution in [2.45, 2.75) is 25.3 Å². The lowest BCUT2D eigenvalue weighted by Gasteiger charge is -2.21. The average Bonchev–Trinajstić information content (AvgIpc) is 2.73. The summed E-state index contributed by atoms with van der Waals surface area (Å²) in [5, 5.41) is 4.08. The molecule has 3 rings (SSSR count). The van der Waals surface area contributed by atoms with Gasteiger partial charge in [-0.2, -0.15) is 0 Å². The number of aromatic nitrogens is 3. The zero-order valence-corrected chi connectivity index (χ0v) is 9.59. The summed E-state index contributed by atoms with van der Waals surface area (Å²) in [7, 11) is 0. The lowest BCUT2D eigenvalue weighted by molar-refractivity contribution is 0.400. The van der Waals surface area contributed by atoms with Gasteiger partial charge in [-0.3, -0.25) is 0 Å². The minimum absolute atomic E-state index is 0.335. The summed E-state index contributed by atoms with van der Waals surface area (Å²) in [6.45, 7) is 1.07. The summed E-state index contributed by atoms with van der Waals surface area (Å²) in [5.74, 6) is 0.976. The first-order chi connectivity index (χ1) is 7.83. The standard InChI is InChI=1S/C11H13ClN4/c12-7-5-9-10(14-6-7)16-11(15-9)8-3-1-2-4-13-8/h5-6,8,13H,1-4H2,(H,14,15,16). The van der Waals surface area contributed by atoms with E-state index in [4.69, 9.17) is 11.6 Å². The first-order valence-electron chi connectivity index (χ1n) is 5.57. The molecule has 1 aliphatic rings. The monoisotopic (exact) mass is 236 g/mol. The van der Waals surface area contributed by atoms with Gasteiger partial charge in [0.15, 0.2) is 5.65 Å². The number of halogens is 1. The van der Waals surface area contributed by atoms with E-state index < -0.39 is 0 Å². The SMILES string of the molecule is Clc1cnc2[nH]c(C3CCCCN3)nc2c1. The van der Waals surface area contributed by atoms with Gasteiger partial charge in [-0.1, -0.05) is 18.0 Å². The molecular formula is C11H13ClN4. The quantitative estimate of drug-likeness (QED) is 0.800. The molecule has 0 aromatic carbocycles. The Morgan fingerprint density at radius 2 is 2.31 bits per heavy atom. The summed E-state index contributed by atoms with van der Waals surface area (Å²) in [6.07, 6.45) is 5.28. The highest BCUT2D eigenvalue weighted by Crippen LogP contribution is 2.23. The van der Waals surface area contributed by atoms with E-state index in [0.717, 1.165) is 30.0 Å². The molecule has 1 saturated heterocycles. The van der Waals surface area contributed by atoms with Crippen molar-refractivity contribution < 1.29 is 0 Å². The Bertz CT molecular complexity index is 502. The third-order valence-corrected chi connectivity index (χ3v) is 3.17. The molecule has 0 spiro atoms. The number of imidazole rings is 1. The van der Waals surface area contributed by atoms with Gasteiger partial charge in [0, 0.05) is 6.20 Å². The maximum atomic E-state index is 5.88. The summed E-state index contributed by atoms with van der Waals surface area (Å²) in [6, 6.07) is 2.17. The summed E-state index contributed by atoms with van der Waals surface area (Å²) in [5.41, 5.74) is 1.65. The van der Waals surface area contributed by atoms with Crippen LogP contribution in [-0.2, 0) is 0 Å². The zero-order chi connectivity index (χ0) is 11.0. The third kappa shape index (κ3) is 1.79. The number of nitrogens with zero attached hydrogens (tertiary/aromatic N) is 2. The van der Waals surface area contributed by atoms with Gasteiger partial charge in [0.2, 0.25) is 0 Å². The molecule has 2 aromatic heterocycles. The number of pyridine rings is 1.